The van der Waals surface area contributed by atoms with Gasteiger partial charge in [-0.3, -0.25) is 4.40 Å². The number of aromatic nitrogens is 5. The van der Waals surface area contributed by atoms with Crippen LogP contribution in [0.25, 0.3) is 27.9 Å². The van der Waals surface area contributed by atoms with Gasteiger partial charge in [-0.1, -0.05) is 17.7 Å². The Morgan fingerprint density at radius 3 is 2.65 bits per heavy atom. The zero-order chi connectivity index (χ0) is 24.0. The van der Waals surface area contributed by atoms with Crippen LogP contribution in [0.5, 0.6) is 0 Å². The molecule has 0 aliphatic rings. The van der Waals surface area contributed by atoms with Gasteiger partial charge < -0.3 is 10.4 Å². The van der Waals surface area contributed by atoms with Crippen LogP contribution < -0.4 is 5.32 Å². The molecule has 5 aromatic rings. The van der Waals surface area contributed by atoms with Gasteiger partial charge in [0.25, 0.3) is 0 Å². The van der Waals surface area contributed by atoms with Gasteiger partial charge in [0.1, 0.15) is 23.1 Å². The number of rotatable bonds is 5. The summed E-state index contributed by atoms with van der Waals surface area (Å²) in [5, 5.41) is 22.0. The van der Waals surface area contributed by atoms with Gasteiger partial charge in [0.05, 0.1) is 17.2 Å². The van der Waals surface area contributed by atoms with E-state index in [1.807, 2.05) is 26.0 Å². The molecule has 5 rings (SSSR count). The molecule has 0 aliphatic carbocycles. The number of benzene rings is 2. The van der Waals surface area contributed by atoms with Crippen LogP contribution in [0.4, 0.5) is 10.1 Å². The Balaban J connectivity index is 1.69. The molecule has 1 atom stereocenters. The Labute approximate surface area is 198 Å². The van der Waals surface area contributed by atoms with Crippen LogP contribution in [0.3, 0.4) is 0 Å². The molecule has 0 radical (unpaired) electrons. The molecule has 3 heterocycles. The van der Waals surface area contributed by atoms with E-state index < -0.39 is 5.97 Å². The van der Waals surface area contributed by atoms with Gasteiger partial charge in [-0.15, -0.1) is 10.2 Å². The first-order valence-corrected chi connectivity index (χ1v) is 10.8. The SMILES string of the molecule is Cc1cc([C@@H](C)Nc2ccc(Cl)nc2C(=O)O)c2nc(-c3ccc(F)cc3)n3cnnc3c2c1. The van der Waals surface area contributed by atoms with Crippen molar-refractivity contribution in [3.63, 3.8) is 0 Å². The standard InChI is InChI=1S/C24H18ClFN6O2/c1-12-9-16(13(2)28-18-7-8-19(25)29-21(18)24(33)34)20-17(10-12)23-31-27-11-32(23)22(30-20)14-3-5-15(26)6-4-14/h3-11,13,28H,1-2H3,(H,33,34)/t13-/m1/s1. The second-order valence-electron chi connectivity index (χ2n) is 7.92. The summed E-state index contributed by atoms with van der Waals surface area (Å²) in [6.07, 6.45) is 1.57. The predicted molar refractivity (Wildman–Crippen MR) is 127 cm³/mol. The van der Waals surface area contributed by atoms with Gasteiger partial charge in [0, 0.05) is 16.5 Å². The Morgan fingerprint density at radius 2 is 1.91 bits per heavy atom. The third-order valence-corrected chi connectivity index (χ3v) is 5.73. The van der Waals surface area contributed by atoms with Crippen LogP contribution in [-0.4, -0.2) is 35.6 Å². The summed E-state index contributed by atoms with van der Waals surface area (Å²) in [6.45, 7) is 3.87. The molecule has 2 N–H and O–H groups in total. The highest BCUT2D eigenvalue weighted by atomic mass is 35.5. The van der Waals surface area contributed by atoms with Crippen molar-refractivity contribution in [2.24, 2.45) is 0 Å². The van der Waals surface area contributed by atoms with Gasteiger partial charge in [-0.2, -0.15) is 0 Å². The number of carbonyl (C=O) groups is 1. The van der Waals surface area contributed by atoms with Crippen molar-refractivity contribution in [3.05, 3.63) is 82.6 Å². The molecule has 0 saturated carbocycles. The Kier molecular flexibility index (Phi) is 5.33. The molecule has 2 aromatic carbocycles. The lowest BCUT2D eigenvalue weighted by Crippen LogP contribution is -2.13. The molecule has 0 saturated heterocycles. The molecule has 0 bridgehead atoms. The fourth-order valence-electron chi connectivity index (χ4n) is 3.99. The number of hydrogen-bond acceptors (Lipinski definition) is 6. The predicted octanol–water partition coefficient (Wildman–Crippen LogP) is 5.31. The molecule has 34 heavy (non-hydrogen) atoms. The summed E-state index contributed by atoms with van der Waals surface area (Å²) < 4.78 is 15.3. The Hall–Kier alpha value is -4.11. The first kappa shape index (κ1) is 21.7. The number of nitrogens with one attached hydrogen (secondary N) is 1. The van der Waals surface area contributed by atoms with Gasteiger partial charge in [-0.25, -0.2) is 19.2 Å². The summed E-state index contributed by atoms with van der Waals surface area (Å²) in [7, 11) is 0. The maximum absolute atomic E-state index is 13.5. The van der Waals surface area contributed by atoms with Crippen molar-refractivity contribution in [3.8, 4) is 11.4 Å². The van der Waals surface area contributed by atoms with Crippen molar-refractivity contribution in [1.82, 2.24) is 24.6 Å². The van der Waals surface area contributed by atoms with Crippen LogP contribution in [0.1, 0.15) is 34.6 Å². The fourth-order valence-corrected chi connectivity index (χ4v) is 4.14. The molecule has 0 fully saturated rings. The number of carboxylic acid groups (broad SMARTS) is 1. The van der Waals surface area contributed by atoms with Crippen LogP contribution in [0.2, 0.25) is 5.15 Å². The van der Waals surface area contributed by atoms with Crippen LogP contribution >= 0.6 is 11.6 Å². The molecule has 0 amide bonds. The van der Waals surface area contributed by atoms with Gasteiger partial charge in [-0.05, 0) is 61.9 Å². The molecule has 8 nitrogen and oxygen atoms in total. The molecule has 3 aromatic heterocycles. The fraction of sp³-hybridized carbons (Fsp3) is 0.125. The Morgan fingerprint density at radius 1 is 1.15 bits per heavy atom. The van der Waals surface area contributed by atoms with E-state index in [9.17, 15) is 14.3 Å². The third kappa shape index (κ3) is 3.80. The molecule has 0 spiro atoms. The van der Waals surface area contributed by atoms with E-state index >= 15 is 0 Å². The summed E-state index contributed by atoms with van der Waals surface area (Å²) in [6, 6.07) is 12.8. The topological polar surface area (TPSA) is 105 Å². The number of fused-ring (bicyclic) bond motifs is 3. The van der Waals surface area contributed by atoms with Crippen LogP contribution in [0, 0.1) is 12.7 Å². The first-order chi connectivity index (χ1) is 16.3. The largest absolute Gasteiger partial charge is 0.476 e. The van der Waals surface area contributed by atoms with Gasteiger partial charge in [0.15, 0.2) is 11.3 Å². The van der Waals surface area contributed by atoms with E-state index in [0.29, 0.717) is 28.2 Å². The average molecular weight is 477 g/mol. The number of carboxylic acids is 1. The Bertz CT molecular complexity index is 1570. The summed E-state index contributed by atoms with van der Waals surface area (Å²) in [5.41, 5.74) is 3.96. The summed E-state index contributed by atoms with van der Waals surface area (Å²) in [5.74, 6) is -0.970. The number of hydrogen-bond donors (Lipinski definition) is 2. The number of nitrogens with zero attached hydrogens (tertiary/aromatic N) is 5. The second-order valence-corrected chi connectivity index (χ2v) is 8.31. The lowest BCUT2D eigenvalue weighted by atomic mass is 10.0. The zero-order valence-corrected chi connectivity index (χ0v) is 18.9. The average Bonchev–Trinajstić information content (AvgIpc) is 3.30. The molecule has 0 unspecified atom stereocenters. The maximum Gasteiger partial charge on any atom is 0.356 e. The lowest BCUT2D eigenvalue weighted by Gasteiger charge is -2.20. The van der Waals surface area contributed by atoms with E-state index in [1.165, 1.54) is 18.2 Å². The minimum absolute atomic E-state index is 0.0939. The van der Waals surface area contributed by atoms with Crippen molar-refractivity contribution >= 4 is 39.8 Å². The number of pyridine rings is 1. The second kappa shape index (κ2) is 8.35. The van der Waals surface area contributed by atoms with Gasteiger partial charge in [0.2, 0.25) is 0 Å². The first-order valence-electron chi connectivity index (χ1n) is 10.4. The summed E-state index contributed by atoms with van der Waals surface area (Å²) >= 11 is 5.89. The van der Waals surface area contributed by atoms with E-state index in [4.69, 9.17) is 16.6 Å². The van der Waals surface area contributed by atoms with Crippen LogP contribution in [-0.2, 0) is 0 Å². The third-order valence-electron chi connectivity index (χ3n) is 5.52. The van der Waals surface area contributed by atoms with Crippen molar-refractivity contribution in [2.45, 2.75) is 19.9 Å². The minimum atomic E-state index is -1.19. The molecule has 10 heteroatoms. The molecular weight excluding hydrogens is 459 g/mol. The normalized spacial score (nSPS) is 12.2. The number of halogens is 2. The molecule has 170 valence electrons. The number of aromatic carboxylic acids is 1. The van der Waals surface area contributed by atoms with Crippen molar-refractivity contribution < 1.29 is 14.3 Å². The summed E-state index contributed by atoms with van der Waals surface area (Å²) in [4.78, 5) is 20.5. The number of anilines is 1. The smallest absolute Gasteiger partial charge is 0.356 e. The van der Waals surface area contributed by atoms with E-state index in [2.05, 4.69) is 20.5 Å². The highest BCUT2D eigenvalue weighted by molar-refractivity contribution is 6.29. The molecule has 0 aliphatic heterocycles. The van der Waals surface area contributed by atoms with E-state index in [0.717, 1.165) is 16.5 Å². The minimum Gasteiger partial charge on any atom is -0.476 e. The number of aryl methyl sites for hydroxylation is 1. The maximum atomic E-state index is 13.5. The monoisotopic (exact) mass is 476 g/mol. The highest BCUT2D eigenvalue weighted by Crippen LogP contribution is 2.32. The lowest BCUT2D eigenvalue weighted by molar-refractivity contribution is 0.0691. The van der Waals surface area contributed by atoms with Crippen molar-refractivity contribution in [1.29, 1.82) is 0 Å². The highest BCUT2D eigenvalue weighted by Gasteiger charge is 2.20. The quantitative estimate of drug-likeness (QED) is 0.331. The van der Waals surface area contributed by atoms with Crippen molar-refractivity contribution in [2.75, 3.05) is 5.32 Å². The van der Waals surface area contributed by atoms with Crippen LogP contribution in [0.15, 0.2) is 54.9 Å². The van der Waals surface area contributed by atoms with Gasteiger partial charge >= 0.3 is 5.97 Å². The zero-order valence-electron chi connectivity index (χ0n) is 18.1. The van der Waals surface area contributed by atoms with E-state index in [-0.39, 0.29) is 22.7 Å². The molecular formula is C24H18ClFN6O2. The van der Waals surface area contributed by atoms with E-state index in [1.54, 1.807) is 28.9 Å².